The fourth-order valence-electron chi connectivity index (χ4n) is 3.17. The first-order valence-corrected chi connectivity index (χ1v) is 10.7. The lowest BCUT2D eigenvalue weighted by Gasteiger charge is -2.11. The van der Waals surface area contributed by atoms with Gasteiger partial charge in [-0.15, -0.1) is 0 Å². The number of carbonyl (C=O) groups excluding carboxylic acids is 2. The van der Waals surface area contributed by atoms with Crippen molar-refractivity contribution in [3.63, 3.8) is 0 Å². The molecule has 0 atom stereocenters. The maximum absolute atomic E-state index is 12.2. The molecule has 0 saturated carbocycles. The van der Waals surface area contributed by atoms with Crippen LogP contribution in [0.25, 0.3) is 6.08 Å². The van der Waals surface area contributed by atoms with Gasteiger partial charge in [-0.1, -0.05) is 59.6 Å². The Morgan fingerprint density at radius 2 is 1.75 bits per heavy atom. The summed E-state index contributed by atoms with van der Waals surface area (Å²) in [6.07, 6.45) is 2.75. The van der Waals surface area contributed by atoms with Gasteiger partial charge in [0.1, 0.15) is 5.15 Å². The minimum absolute atomic E-state index is 0.374. The molecule has 1 aromatic heterocycles. The Morgan fingerprint density at radius 1 is 1.06 bits per heavy atom. The second-order valence-electron chi connectivity index (χ2n) is 7.29. The van der Waals surface area contributed by atoms with Gasteiger partial charge in [0.15, 0.2) is 6.61 Å². The van der Waals surface area contributed by atoms with Crippen molar-refractivity contribution in [3.8, 4) is 0 Å². The minimum atomic E-state index is -0.657. The Kier molecular flexibility index (Phi) is 7.72. The van der Waals surface area contributed by atoms with Gasteiger partial charge in [-0.3, -0.25) is 4.79 Å². The van der Waals surface area contributed by atoms with E-state index in [-0.39, 0.29) is 0 Å². The van der Waals surface area contributed by atoms with Gasteiger partial charge in [0.05, 0.1) is 12.2 Å². The largest absolute Gasteiger partial charge is 0.452 e. The molecule has 0 aliphatic heterocycles. The number of carbonyl (C=O) groups is 2. The molecule has 32 heavy (non-hydrogen) atoms. The van der Waals surface area contributed by atoms with Crippen molar-refractivity contribution >= 4 is 46.8 Å². The van der Waals surface area contributed by atoms with Gasteiger partial charge in [-0.25, -0.2) is 9.48 Å². The second-order valence-corrected chi connectivity index (χ2v) is 8.06. The maximum atomic E-state index is 12.2. The first kappa shape index (κ1) is 23.6. The topological polar surface area (TPSA) is 73.2 Å². The van der Waals surface area contributed by atoms with Crippen molar-refractivity contribution in [2.45, 2.75) is 27.3 Å². The van der Waals surface area contributed by atoms with E-state index in [4.69, 9.17) is 27.9 Å². The average Bonchev–Trinajstić information content (AvgIpc) is 3.02. The summed E-state index contributed by atoms with van der Waals surface area (Å²) >= 11 is 12.7. The lowest BCUT2D eigenvalue weighted by molar-refractivity contribution is -0.142. The van der Waals surface area contributed by atoms with Crippen LogP contribution in [0.15, 0.2) is 48.5 Å². The molecule has 166 valence electrons. The molecule has 0 spiro atoms. The van der Waals surface area contributed by atoms with Crippen molar-refractivity contribution in [1.29, 1.82) is 0 Å². The third kappa shape index (κ3) is 5.78. The van der Waals surface area contributed by atoms with Crippen molar-refractivity contribution in [3.05, 3.63) is 86.7 Å². The van der Waals surface area contributed by atoms with Crippen LogP contribution >= 0.6 is 23.2 Å². The lowest BCUT2D eigenvalue weighted by atomic mass is 10.1. The number of aryl methyl sites for hydroxylation is 3. The van der Waals surface area contributed by atoms with Gasteiger partial charge in [0.2, 0.25) is 0 Å². The molecular weight excluding hydrogens is 449 g/mol. The number of hydrogen-bond donors (Lipinski definition) is 1. The van der Waals surface area contributed by atoms with Crippen LogP contribution in [0.2, 0.25) is 10.2 Å². The minimum Gasteiger partial charge on any atom is -0.452 e. The summed E-state index contributed by atoms with van der Waals surface area (Å²) in [5, 5.41) is 8.19. The maximum Gasteiger partial charge on any atom is 0.331 e. The molecule has 2 aromatic carbocycles. The number of aromatic nitrogens is 2. The predicted molar refractivity (Wildman–Crippen MR) is 127 cm³/mol. The quantitative estimate of drug-likeness (QED) is 0.371. The van der Waals surface area contributed by atoms with Crippen LogP contribution in [-0.4, -0.2) is 28.3 Å². The van der Waals surface area contributed by atoms with Gasteiger partial charge in [-0.05, 0) is 49.6 Å². The molecule has 0 fully saturated rings. The van der Waals surface area contributed by atoms with Crippen LogP contribution in [0, 0.1) is 20.8 Å². The predicted octanol–water partition coefficient (Wildman–Crippen LogP) is 5.36. The lowest BCUT2D eigenvalue weighted by Crippen LogP contribution is -2.21. The number of halogens is 2. The molecule has 1 amide bonds. The number of rotatable bonds is 7. The van der Waals surface area contributed by atoms with Gasteiger partial charge in [0, 0.05) is 22.3 Å². The van der Waals surface area contributed by atoms with E-state index in [9.17, 15) is 9.59 Å². The van der Waals surface area contributed by atoms with Crippen LogP contribution in [0.4, 0.5) is 5.69 Å². The first-order chi connectivity index (χ1) is 15.3. The van der Waals surface area contributed by atoms with Gasteiger partial charge >= 0.3 is 5.97 Å². The fraction of sp³-hybridized carbons (Fsp3) is 0.208. The summed E-state index contributed by atoms with van der Waals surface area (Å²) in [4.78, 5) is 24.2. The Balaban J connectivity index is 1.60. The van der Waals surface area contributed by atoms with Gasteiger partial charge in [-0.2, -0.15) is 5.10 Å². The molecule has 8 heteroatoms. The molecule has 3 aromatic rings. The summed E-state index contributed by atoms with van der Waals surface area (Å²) in [5.74, 6) is -1.07. The highest BCUT2D eigenvalue weighted by Crippen LogP contribution is 2.24. The number of nitrogens with zero attached hydrogens (tertiary/aromatic N) is 2. The Bertz CT molecular complexity index is 1160. The molecule has 3 rings (SSSR count). The number of benzene rings is 2. The normalized spacial score (nSPS) is 11.0. The van der Waals surface area contributed by atoms with E-state index in [0.717, 1.165) is 22.4 Å². The van der Waals surface area contributed by atoms with Crippen LogP contribution in [0.5, 0.6) is 0 Å². The van der Waals surface area contributed by atoms with Crippen LogP contribution in [-0.2, 0) is 20.9 Å². The number of para-hydroxylation sites is 1. The average molecular weight is 472 g/mol. The number of anilines is 1. The van der Waals surface area contributed by atoms with Crippen molar-refractivity contribution in [2.24, 2.45) is 0 Å². The number of esters is 1. The number of hydrogen-bond acceptors (Lipinski definition) is 4. The van der Waals surface area contributed by atoms with E-state index in [1.807, 2.05) is 50.2 Å². The number of amides is 1. The van der Waals surface area contributed by atoms with E-state index in [0.29, 0.717) is 28.0 Å². The summed E-state index contributed by atoms with van der Waals surface area (Å²) in [5.41, 5.74) is 4.71. The Labute approximate surface area is 196 Å². The second kappa shape index (κ2) is 10.5. The van der Waals surface area contributed by atoms with E-state index < -0.39 is 18.5 Å². The summed E-state index contributed by atoms with van der Waals surface area (Å²) in [7, 11) is 0. The van der Waals surface area contributed by atoms with Crippen LogP contribution in [0.3, 0.4) is 0 Å². The molecule has 1 heterocycles. The molecule has 0 saturated heterocycles. The third-order valence-electron chi connectivity index (χ3n) is 4.86. The molecule has 6 nitrogen and oxygen atoms in total. The van der Waals surface area contributed by atoms with Crippen LogP contribution < -0.4 is 5.32 Å². The van der Waals surface area contributed by atoms with E-state index in [1.54, 1.807) is 17.7 Å². The van der Waals surface area contributed by atoms with E-state index in [2.05, 4.69) is 10.4 Å². The van der Waals surface area contributed by atoms with E-state index in [1.165, 1.54) is 12.2 Å². The molecule has 0 aliphatic rings. The van der Waals surface area contributed by atoms with E-state index >= 15 is 0 Å². The zero-order valence-electron chi connectivity index (χ0n) is 18.0. The molecule has 0 aliphatic carbocycles. The molecule has 0 bridgehead atoms. The number of nitrogens with one attached hydrogen (secondary N) is 1. The first-order valence-electron chi connectivity index (χ1n) is 9.93. The molecular formula is C24H23Cl2N3O3. The zero-order chi connectivity index (χ0) is 23.3. The summed E-state index contributed by atoms with van der Waals surface area (Å²) in [6, 6.07) is 13.1. The number of ether oxygens (including phenoxy) is 1. The highest BCUT2D eigenvalue weighted by Gasteiger charge is 2.14. The monoisotopic (exact) mass is 471 g/mol. The van der Waals surface area contributed by atoms with Crippen molar-refractivity contribution in [2.75, 3.05) is 11.9 Å². The summed E-state index contributed by atoms with van der Waals surface area (Å²) in [6.45, 7) is 5.59. The summed E-state index contributed by atoms with van der Waals surface area (Å²) < 4.78 is 6.66. The highest BCUT2D eigenvalue weighted by molar-refractivity contribution is 6.32. The van der Waals surface area contributed by atoms with Gasteiger partial charge < -0.3 is 10.1 Å². The SMILES string of the molecule is Cc1cccc(C)c1NC(=O)COC(=O)/C=C/c1c(C)nn(Cc2ccccc2Cl)c1Cl. The smallest absolute Gasteiger partial charge is 0.331 e. The van der Waals surface area contributed by atoms with Crippen molar-refractivity contribution in [1.82, 2.24) is 9.78 Å². The standard InChI is InChI=1S/C24H23Cl2N3O3/c1-15-7-6-8-16(2)23(15)27-21(30)14-32-22(31)12-11-19-17(3)28-29(24(19)26)13-18-9-4-5-10-20(18)25/h4-12H,13-14H2,1-3H3,(H,27,30)/b12-11+. The van der Waals surface area contributed by atoms with Crippen LogP contribution in [0.1, 0.15) is 27.9 Å². The molecule has 0 unspecified atom stereocenters. The zero-order valence-corrected chi connectivity index (χ0v) is 19.5. The molecule has 1 N–H and O–H groups in total. The third-order valence-corrected chi connectivity index (χ3v) is 5.63. The highest BCUT2D eigenvalue weighted by atomic mass is 35.5. The Morgan fingerprint density at radius 3 is 2.44 bits per heavy atom. The Hall–Kier alpha value is -3.09. The molecule has 0 radical (unpaired) electrons. The van der Waals surface area contributed by atoms with Gasteiger partial charge in [0.25, 0.3) is 5.91 Å². The van der Waals surface area contributed by atoms with Crippen molar-refractivity contribution < 1.29 is 14.3 Å². The fourth-order valence-corrected chi connectivity index (χ4v) is 3.67.